The third-order valence-corrected chi connectivity index (χ3v) is 3.91. The Kier molecular flexibility index (Phi) is 11.9. The van der Waals surface area contributed by atoms with Crippen molar-refractivity contribution in [3.05, 3.63) is 0 Å². The van der Waals surface area contributed by atoms with E-state index in [1.54, 1.807) is 0 Å². The van der Waals surface area contributed by atoms with Gasteiger partial charge in [-0.2, -0.15) is 0 Å². The van der Waals surface area contributed by atoms with Gasteiger partial charge in [0.05, 0.1) is 0 Å². The molecule has 0 aromatic heterocycles. The molecule has 0 saturated carbocycles. The highest BCUT2D eigenvalue weighted by atomic mass is 79.9. The van der Waals surface area contributed by atoms with Crippen LogP contribution in [-0.2, 0) is 0 Å². The molecule has 0 amide bonds. The van der Waals surface area contributed by atoms with Gasteiger partial charge in [-0.1, -0.05) is 64.5 Å². The van der Waals surface area contributed by atoms with Gasteiger partial charge in [0.2, 0.25) is 0 Å². The Balaban J connectivity index is 3.25. The molecular weight excluding hydrogens is 292 g/mol. The van der Waals surface area contributed by atoms with E-state index in [-0.39, 0.29) is 0 Å². The molecule has 1 atom stereocenters. The molecule has 0 N–H and O–H groups in total. The van der Waals surface area contributed by atoms with Crippen LogP contribution in [0, 0.1) is 5.92 Å². The highest BCUT2D eigenvalue weighted by Gasteiger charge is 2.05. The van der Waals surface area contributed by atoms with Crippen molar-refractivity contribution in [1.29, 1.82) is 0 Å². The average Bonchev–Trinajstić information content (AvgIpc) is 2.17. The summed E-state index contributed by atoms with van der Waals surface area (Å²) in [4.78, 5) is 0. The first kappa shape index (κ1) is 14.0. The van der Waals surface area contributed by atoms with Crippen molar-refractivity contribution in [3.63, 3.8) is 0 Å². The molecule has 13 heavy (non-hydrogen) atoms. The summed E-state index contributed by atoms with van der Waals surface area (Å²) in [7, 11) is 0. The molecule has 0 aliphatic carbocycles. The fourth-order valence-electron chi connectivity index (χ4n) is 1.52. The first-order valence-electron chi connectivity index (χ1n) is 5.47. The van der Waals surface area contributed by atoms with Crippen molar-refractivity contribution >= 4 is 31.9 Å². The first-order valence-corrected chi connectivity index (χ1v) is 7.71. The fourth-order valence-corrected chi connectivity index (χ4v) is 2.50. The second kappa shape index (κ2) is 11.0. The molecule has 0 aromatic carbocycles. The second-order valence-corrected chi connectivity index (χ2v) is 5.14. The minimum absolute atomic E-state index is 0.911. The summed E-state index contributed by atoms with van der Waals surface area (Å²) in [5, 5.41) is 2.34. The number of unbranched alkanes of at least 4 members (excludes halogenated alkanes) is 3. The van der Waals surface area contributed by atoms with Gasteiger partial charge >= 0.3 is 0 Å². The van der Waals surface area contributed by atoms with Crippen molar-refractivity contribution in [1.82, 2.24) is 0 Å². The molecule has 0 aromatic rings. The number of rotatable bonds is 9. The summed E-state index contributed by atoms with van der Waals surface area (Å²) in [6, 6.07) is 0. The van der Waals surface area contributed by atoms with E-state index in [1.165, 1.54) is 50.3 Å². The predicted molar refractivity (Wildman–Crippen MR) is 69.1 cm³/mol. The predicted octanol–water partition coefficient (Wildman–Crippen LogP) is 5.14. The topological polar surface area (TPSA) is 0 Å². The van der Waals surface area contributed by atoms with Gasteiger partial charge in [-0.05, 0) is 25.2 Å². The number of alkyl halides is 2. The van der Waals surface area contributed by atoms with Crippen LogP contribution in [-0.4, -0.2) is 10.7 Å². The van der Waals surface area contributed by atoms with E-state index in [2.05, 4.69) is 38.8 Å². The van der Waals surface area contributed by atoms with E-state index in [0.717, 1.165) is 11.2 Å². The highest BCUT2D eigenvalue weighted by Crippen LogP contribution is 2.18. The average molecular weight is 314 g/mol. The van der Waals surface area contributed by atoms with E-state index in [4.69, 9.17) is 0 Å². The number of hydrogen-bond donors (Lipinski definition) is 0. The van der Waals surface area contributed by atoms with Crippen molar-refractivity contribution in [2.24, 2.45) is 5.92 Å². The van der Waals surface area contributed by atoms with Crippen LogP contribution in [0.5, 0.6) is 0 Å². The molecule has 1 unspecified atom stereocenters. The molecule has 0 radical (unpaired) electrons. The Hall–Kier alpha value is 0.960. The Labute approximate surface area is 100 Å². The lowest BCUT2D eigenvalue weighted by molar-refractivity contribution is 0.466. The van der Waals surface area contributed by atoms with Gasteiger partial charge in [0.15, 0.2) is 0 Å². The molecule has 0 bridgehead atoms. The quantitative estimate of drug-likeness (QED) is 0.408. The van der Waals surface area contributed by atoms with Crippen molar-refractivity contribution < 1.29 is 0 Å². The van der Waals surface area contributed by atoms with Crippen molar-refractivity contribution in [2.75, 3.05) is 10.7 Å². The van der Waals surface area contributed by atoms with Gasteiger partial charge in [-0.25, -0.2) is 0 Å². The van der Waals surface area contributed by atoms with E-state index < -0.39 is 0 Å². The third-order valence-electron chi connectivity index (χ3n) is 2.43. The Morgan fingerprint density at radius 1 is 0.923 bits per heavy atom. The summed E-state index contributed by atoms with van der Waals surface area (Å²) in [5.41, 5.74) is 0. The van der Waals surface area contributed by atoms with Crippen LogP contribution < -0.4 is 0 Å². The second-order valence-electron chi connectivity index (χ2n) is 3.70. The Bertz CT molecular complexity index is 94.1. The zero-order valence-electron chi connectivity index (χ0n) is 8.70. The summed E-state index contributed by atoms with van der Waals surface area (Å²) >= 11 is 7.08. The highest BCUT2D eigenvalue weighted by molar-refractivity contribution is 9.09. The maximum Gasteiger partial charge on any atom is 0.00596 e. The van der Waals surface area contributed by atoms with Gasteiger partial charge < -0.3 is 0 Å². The van der Waals surface area contributed by atoms with Gasteiger partial charge in [-0.15, -0.1) is 0 Å². The molecule has 0 heterocycles. The maximum absolute atomic E-state index is 3.60. The summed E-state index contributed by atoms with van der Waals surface area (Å²) in [6.45, 7) is 2.27. The van der Waals surface area contributed by atoms with Crippen LogP contribution in [0.3, 0.4) is 0 Å². The molecule has 2 heteroatoms. The first-order chi connectivity index (χ1) is 6.35. The molecule has 0 aliphatic rings. The van der Waals surface area contributed by atoms with Crippen LogP contribution >= 0.6 is 31.9 Å². The van der Waals surface area contributed by atoms with Crippen LogP contribution in [0.15, 0.2) is 0 Å². The zero-order valence-corrected chi connectivity index (χ0v) is 11.9. The zero-order chi connectivity index (χ0) is 9.94. The molecule has 0 rings (SSSR count). The summed E-state index contributed by atoms with van der Waals surface area (Å²) < 4.78 is 0. The SMILES string of the molecule is CCCCCCC(CBr)CCCBr. The normalized spacial score (nSPS) is 13.2. The summed E-state index contributed by atoms with van der Waals surface area (Å²) in [5.74, 6) is 0.911. The van der Waals surface area contributed by atoms with Gasteiger partial charge in [-0.3, -0.25) is 0 Å². The third kappa shape index (κ3) is 9.27. The molecule has 0 saturated heterocycles. The minimum Gasteiger partial charge on any atom is -0.0928 e. The Morgan fingerprint density at radius 2 is 1.62 bits per heavy atom. The van der Waals surface area contributed by atoms with E-state index in [9.17, 15) is 0 Å². The lowest BCUT2D eigenvalue weighted by Crippen LogP contribution is -2.02. The molecular formula is C11H22Br2. The van der Waals surface area contributed by atoms with Crippen LogP contribution in [0.25, 0.3) is 0 Å². The monoisotopic (exact) mass is 312 g/mol. The Morgan fingerprint density at radius 3 is 2.15 bits per heavy atom. The lowest BCUT2D eigenvalue weighted by Gasteiger charge is -2.12. The minimum atomic E-state index is 0.911. The largest absolute Gasteiger partial charge is 0.0928 e. The number of halogens is 2. The molecule has 0 nitrogen and oxygen atoms in total. The van der Waals surface area contributed by atoms with E-state index in [0.29, 0.717) is 0 Å². The van der Waals surface area contributed by atoms with E-state index in [1.807, 2.05) is 0 Å². The lowest BCUT2D eigenvalue weighted by atomic mass is 9.98. The van der Waals surface area contributed by atoms with Gasteiger partial charge in [0, 0.05) is 10.7 Å². The molecule has 0 fully saturated rings. The van der Waals surface area contributed by atoms with Gasteiger partial charge in [0.1, 0.15) is 0 Å². The maximum atomic E-state index is 3.60. The van der Waals surface area contributed by atoms with Crippen molar-refractivity contribution in [2.45, 2.75) is 51.9 Å². The summed E-state index contributed by atoms with van der Waals surface area (Å²) in [6.07, 6.45) is 9.72. The molecule has 80 valence electrons. The van der Waals surface area contributed by atoms with Crippen LogP contribution in [0.4, 0.5) is 0 Å². The fraction of sp³-hybridized carbons (Fsp3) is 1.00. The van der Waals surface area contributed by atoms with Crippen LogP contribution in [0.1, 0.15) is 51.9 Å². The smallest absolute Gasteiger partial charge is 0.00596 e. The van der Waals surface area contributed by atoms with Gasteiger partial charge in [0.25, 0.3) is 0 Å². The molecule has 0 spiro atoms. The molecule has 0 aliphatic heterocycles. The van der Waals surface area contributed by atoms with Crippen LogP contribution in [0.2, 0.25) is 0 Å². The van der Waals surface area contributed by atoms with Crippen molar-refractivity contribution in [3.8, 4) is 0 Å². The standard InChI is InChI=1S/C11H22Br2/c1-2-3-4-5-7-11(10-13)8-6-9-12/h11H,2-10H2,1H3. The van der Waals surface area contributed by atoms with E-state index >= 15 is 0 Å². The number of hydrogen-bond acceptors (Lipinski definition) is 0.